The highest BCUT2D eigenvalue weighted by Crippen LogP contribution is 2.38. The fourth-order valence-corrected chi connectivity index (χ4v) is 6.58. The number of sulfone groups is 1. The first kappa shape index (κ1) is 23.7. The molecule has 2 aliphatic rings. The lowest BCUT2D eigenvalue weighted by molar-refractivity contribution is -0.180. The van der Waals surface area contributed by atoms with Gasteiger partial charge in [-0.2, -0.15) is 0 Å². The molecule has 0 atom stereocenters. The van der Waals surface area contributed by atoms with Gasteiger partial charge in [0.05, 0.1) is 22.1 Å². The number of nitrogens with zero attached hydrogens (tertiary/aromatic N) is 2. The summed E-state index contributed by atoms with van der Waals surface area (Å²) in [5.41, 5.74) is -0.114. The average Bonchev–Trinajstić information content (AvgIpc) is 3.73. The van der Waals surface area contributed by atoms with Gasteiger partial charge in [0.1, 0.15) is 12.4 Å². The lowest BCUT2D eigenvalue weighted by atomic mass is 9.79. The van der Waals surface area contributed by atoms with Gasteiger partial charge in [-0.1, -0.05) is 18.2 Å². The molecule has 2 N–H and O–H groups in total. The number of rotatable bonds is 8. The summed E-state index contributed by atoms with van der Waals surface area (Å²) in [6.07, 6.45) is 5.79. The minimum Gasteiger partial charge on any atom is -0.489 e. The number of aromatic nitrogens is 1. The van der Waals surface area contributed by atoms with Crippen LogP contribution >= 0.6 is 0 Å². The molecule has 0 bridgehead atoms. The third kappa shape index (κ3) is 5.03. The molecule has 1 aliphatic heterocycles. The van der Waals surface area contributed by atoms with Crippen molar-refractivity contribution in [1.82, 2.24) is 15.4 Å². The van der Waals surface area contributed by atoms with E-state index in [0.717, 1.165) is 34.2 Å². The van der Waals surface area contributed by atoms with Crippen molar-refractivity contribution in [2.24, 2.45) is 5.41 Å². The number of carbonyl (C=O) groups is 1. The predicted octanol–water partition coefficient (Wildman–Crippen LogP) is 3.34. The molecular formula is C26H29N3O5S. The van der Waals surface area contributed by atoms with Crippen molar-refractivity contribution in [1.29, 1.82) is 0 Å². The molecule has 1 aliphatic carbocycles. The van der Waals surface area contributed by atoms with Crippen LogP contribution in [0.2, 0.25) is 0 Å². The molecule has 3 aromatic rings. The standard InChI is InChI=1S/C26H29N3O5S/c30-25(29(31)21-4-5-21)26(11-14-27-15-12-26)18-35(32,33)23-8-6-22(7-9-23)34-17-20-3-1-2-19-16-28-13-10-24(19)20/h1-3,6-10,13,16,21,27,31H,4-5,11-12,14-15,17-18H2. The van der Waals surface area contributed by atoms with Gasteiger partial charge in [0.25, 0.3) is 5.91 Å². The second-order valence-electron chi connectivity index (χ2n) is 9.44. The van der Waals surface area contributed by atoms with Gasteiger partial charge in [0.2, 0.25) is 0 Å². The Bertz CT molecular complexity index is 1310. The Balaban J connectivity index is 1.30. The largest absolute Gasteiger partial charge is 0.489 e. The summed E-state index contributed by atoms with van der Waals surface area (Å²) in [7, 11) is -3.76. The summed E-state index contributed by atoms with van der Waals surface area (Å²) >= 11 is 0. The second-order valence-corrected chi connectivity index (χ2v) is 11.4. The van der Waals surface area contributed by atoms with Crippen molar-refractivity contribution in [2.75, 3.05) is 18.8 Å². The zero-order chi connectivity index (χ0) is 24.5. The summed E-state index contributed by atoms with van der Waals surface area (Å²) in [4.78, 5) is 17.4. The van der Waals surface area contributed by atoms with Gasteiger partial charge in [0, 0.05) is 17.8 Å². The number of fused-ring (bicyclic) bond motifs is 1. The maximum atomic E-state index is 13.3. The van der Waals surface area contributed by atoms with E-state index in [1.54, 1.807) is 24.5 Å². The van der Waals surface area contributed by atoms with E-state index in [1.165, 1.54) is 12.1 Å². The van der Waals surface area contributed by atoms with Gasteiger partial charge < -0.3 is 10.1 Å². The highest BCUT2D eigenvalue weighted by Gasteiger charge is 2.48. The Morgan fingerprint density at radius 1 is 1.11 bits per heavy atom. The molecule has 0 radical (unpaired) electrons. The minimum absolute atomic E-state index is 0.141. The molecule has 35 heavy (non-hydrogen) atoms. The minimum atomic E-state index is -3.76. The summed E-state index contributed by atoms with van der Waals surface area (Å²) in [6, 6.07) is 14.0. The van der Waals surface area contributed by atoms with Crippen LogP contribution in [0.1, 0.15) is 31.2 Å². The number of amides is 1. The van der Waals surface area contributed by atoms with E-state index in [1.807, 2.05) is 24.3 Å². The Hall–Kier alpha value is -3.01. The van der Waals surface area contributed by atoms with Crippen molar-refractivity contribution in [3.8, 4) is 5.75 Å². The third-order valence-electron chi connectivity index (χ3n) is 6.93. The molecule has 2 fully saturated rings. The van der Waals surface area contributed by atoms with Crippen molar-refractivity contribution in [3.63, 3.8) is 0 Å². The summed E-state index contributed by atoms with van der Waals surface area (Å²) in [5, 5.41) is 16.4. The predicted molar refractivity (Wildman–Crippen MR) is 131 cm³/mol. The topological polar surface area (TPSA) is 109 Å². The molecule has 1 saturated heterocycles. The number of hydrogen-bond donors (Lipinski definition) is 2. The molecule has 1 saturated carbocycles. The van der Waals surface area contributed by atoms with Gasteiger partial charge in [-0.05, 0) is 80.1 Å². The van der Waals surface area contributed by atoms with E-state index in [-0.39, 0.29) is 16.7 Å². The SMILES string of the molecule is O=C(N(O)C1CC1)C1(CS(=O)(=O)c2ccc(OCc3cccc4cnccc34)cc2)CCNCC1. The van der Waals surface area contributed by atoms with Crippen LogP contribution < -0.4 is 10.1 Å². The van der Waals surface area contributed by atoms with Gasteiger partial charge in [-0.3, -0.25) is 15.0 Å². The lowest BCUT2D eigenvalue weighted by Gasteiger charge is -2.37. The first-order chi connectivity index (χ1) is 16.9. The van der Waals surface area contributed by atoms with Crippen molar-refractivity contribution < 1.29 is 23.2 Å². The Labute approximate surface area is 204 Å². The number of hydrogen-bond acceptors (Lipinski definition) is 7. The zero-order valence-corrected chi connectivity index (χ0v) is 20.2. The first-order valence-electron chi connectivity index (χ1n) is 11.9. The molecule has 2 aromatic carbocycles. The van der Waals surface area contributed by atoms with Crippen LogP contribution in [-0.2, 0) is 21.2 Å². The zero-order valence-electron chi connectivity index (χ0n) is 19.4. The van der Waals surface area contributed by atoms with Crippen LogP contribution in [0.25, 0.3) is 10.8 Å². The smallest absolute Gasteiger partial charge is 0.253 e. The highest BCUT2D eigenvalue weighted by atomic mass is 32.2. The van der Waals surface area contributed by atoms with Crippen LogP contribution in [0.3, 0.4) is 0 Å². The summed E-state index contributed by atoms with van der Waals surface area (Å²) in [6.45, 7) is 1.42. The van der Waals surface area contributed by atoms with Gasteiger partial charge >= 0.3 is 0 Å². The van der Waals surface area contributed by atoms with Crippen molar-refractivity contribution in [3.05, 3.63) is 66.5 Å². The van der Waals surface area contributed by atoms with Crippen LogP contribution in [0.15, 0.2) is 65.8 Å². The van der Waals surface area contributed by atoms with E-state index < -0.39 is 21.2 Å². The third-order valence-corrected chi connectivity index (χ3v) is 8.85. The highest BCUT2D eigenvalue weighted by molar-refractivity contribution is 7.91. The number of benzene rings is 2. The average molecular weight is 496 g/mol. The maximum Gasteiger partial charge on any atom is 0.253 e. The van der Waals surface area contributed by atoms with E-state index in [0.29, 0.717) is 38.3 Å². The normalized spacial score (nSPS) is 17.7. The van der Waals surface area contributed by atoms with E-state index in [2.05, 4.69) is 10.3 Å². The number of hydroxylamine groups is 2. The summed E-state index contributed by atoms with van der Waals surface area (Å²) < 4.78 is 32.6. The Morgan fingerprint density at radius 3 is 2.57 bits per heavy atom. The molecule has 1 amide bonds. The molecule has 8 nitrogen and oxygen atoms in total. The number of nitrogens with one attached hydrogen (secondary N) is 1. The van der Waals surface area contributed by atoms with Crippen LogP contribution in [0, 0.1) is 5.41 Å². The van der Waals surface area contributed by atoms with Crippen LogP contribution in [0.5, 0.6) is 5.75 Å². The van der Waals surface area contributed by atoms with Crippen LogP contribution in [-0.4, -0.2) is 54.5 Å². The quantitative estimate of drug-likeness (QED) is 0.364. The molecule has 184 valence electrons. The molecule has 2 heterocycles. The Morgan fingerprint density at radius 2 is 1.86 bits per heavy atom. The second kappa shape index (κ2) is 9.56. The van der Waals surface area contributed by atoms with Crippen molar-refractivity contribution in [2.45, 2.75) is 43.2 Å². The molecule has 0 unspecified atom stereocenters. The van der Waals surface area contributed by atoms with Gasteiger partial charge in [0.15, 0.2) is 9.84 Å². The number of carbonyl (C=O) groups excluding carboxylic acids is 1. The maximum absolute atomic E-state index is 13.3. The summed E-state index contributed by atoms with van der Waals surface area (Å²) in [5.74, 6) is -0.248. The van der Waals surface area contributed by atoms with Crippen LogP contribution in [0.4, 0.5) is 0 Å². The molecular weight excluding hydrogens is 466 g/mol. The molecule has 9 heteroatoms. The first-order valence-corrected chi connectivity index (χ1v) is 13.5. The van der Waals surface area contributed by atoms with E-state index >= 15 is 0 Å². The van der Waals surface area contributed by atoms with Gasteiger partial charge in [-0.25, -0.2) is 13.5 Å². The Kier molecular flexibility index (Phi) is 6.48. The monoisotopic (exact) mass is 495 g/mol. The molecule has 5 rings (SSSR count). The fourth-order valence-electron chi connectivity index (χ4n) is 4.72. The number of piperidine rings is 1. The molecule has 1 aromatic heterocycles. The van der Waals surface area contributed by atoms with Gasteiger partial charge in [-0.15, -0.1) is 0 Å². The fraction of sp³-hybridized carbons (Fsp3) is 0.385. The van der Waals surface area contributed by atoms with E-state index in [9.17, 15) is 18.4 Å². The van der Waals surface area contributed by atoms with E-state index in [4.69, 9.17) is 4.74 Å². The molecule has 0 spiro atoms. The number of ether oxygens (including phenoxy) is 1. The lowest BCUT2D eigenvalue weighted by Crippen LogP contribution is -2.52. The number of pyridine rings is 1. The van der Waals surface area contributed by atoms with Crippen molar-refractivity contribution >= 4 is 26.5 Å².